The molecule has 0 aromatic heterocycles. The van der Waals surface area contributed by atoms with Crippen molar-refractivity contribution in [3.63, 3.8) is 0 Å². The van der Waals surface area contributed by atoms with Crippen LogP contribution in [-0.2, 0) is 0 Å². The molecular formula is C21H25NO3. The van der Waals surface area contributed by atoms with E-state index in [1.54, 1.807) is 18.2 Å². The number of hydrogen-bond acceptors (Lipinski definition) is 4. The molecule has 0 radical (unpaired) electrons. The Morgan fingerprint density at radius 1 is 1.16 bits per heavy atom. The summed E-state index contributed by atoms with van der Waals surface area (Å²) in [6.45, 7) is 3.65. The van der Waals surface area contributed by atoms with E-state index in [1.807, 2.05) is 42.5 Å². The Kier molecular flexibility index (Phi) is 7.89. The van der Waals surface area contributed by atoms with E-state index in [0.717, 1.165) is 18.5 Å². The van der Waals surface area contributed by atoms with Gasteiger partial charge in [0, 0.05) is 17.7 Å². The highest BCUT2D eigenvalue weighted by atomic mass is 16.5. The fourth-order valence-corrected chi connectivity index (χ4v) is 2.30. The molecule has 0 aliphatic heterocycles. The summed E-state index contributed by atoms with van der Waals surface area (Å²) in [5.74, 6) is 0.591. The van der Waals surface area contributed by atoms with E-state index < -0.39 is 6.10 Å². The van der Waals surface area contributed by atoms with Crippen LogP contribution in [0.4, 0.5) is 0 Å². The molecule has 2 aromatic carbocycles. The third-order valence-corrected chi connectivity index (χ3v) is 3.63. The van der Waals surface area contributed by atoms with Crippen LogP contribution in [0.1, 0.15) is 29.3 Å². The molecule has 1 atom stereocenters. The Labute approximate surface area is 149 Å². The van der Waals surface area contributed by atoms with Gasteiger partial charge in [0.25, 0.3) is 0 Å². The minimum Gasteiger partial charge on any atom is -0.490 e. The fraction of sp³-hybridized carbons (Fsp3) is 0.286. The number of carbonyl (C=O) groups excluding carboxylic acids is 1. The Balaban J connectivity index is 1.96. The average Bonchev–Trinajstić information content (AvgIpc) is 2.66. The van der Waals surface area contributed by atoms with Gasteiger partial charge in [-0.1, -0.05) is 55.5 Å². The number of hydrogen-bond donors (Lipinski definition) is 2. The van der Waals surface area contributed by atoms with Crippen molar-refractivity contribution in [1.29, 1.82) is 0 Å². The number of rotatable bonds is 10. The molecular weight excluding hydrogens is 314 g/mol. The monoisotopic (exact) mass is 339 g/mol. The molecule has 4 heteroatoms. The lowest BCUT2D eigenvalue weighted by molar-refractivity contribution is 0.104. The van der Waals surface area contributed by atoms with Gasteiger partial charge in [0.15, 0.2) is 5.78 Å². The Morgan fingerprint density at radius 2 is 1.88 bits per heavy atom. The summed E-state index contributed by atoms with van der Waals surface area (Å²) in [7, 11) is 0. The van der Waals surface area contributed by atoms with Crippen molar-refractivity contribution in [2.75, 3.05) is 19.7 Å². The number of carbonyl (C=O) groups is 1. The van der Waals surface area contributed by atoms with Gasteiger partial charge >= 0.3 is 0 Å². The summed E-state index contributed by atoms with van der Waals surface area (Å²) >= 11 is 0. The number of nitrogens with one attached hydrogen (secondary N) is 1. The normalized spacial score (nSPS) is 12.2. The summed E-state index contributed by atoms with van der Waals surface area (Å²) in [4.78, 5) is 12.2. The third-order valence-electron chi connectivity index (χ3n) is 3.63. The summed E-state index contributed by atoms with van der Waals surface area (Å²) in [5, 5.41) is 13.1. The quantitative estimate of drug-likeness (QED) is 0.396. The van der Waals surface area contributed by atoms with E-state index >= 15 is 0 Å². The average molecular weight is 339 g/mol. The van der Waals surface area contributed by atoms with Crippen molar-refractivity contribution >= 4 is 11.9 Å². The zero-order valence-corrected chi connectivity index (χ0v) is 14.5. The van der Waals surface area contributed by atoms with E-state index in [1.165, 1.54) is 6.08 Å². The second kappa shape index (κ2) is 10.4. The predicted octanol–water partition coefficient (Wildman–Crippen LogP) is 3.32. The van der Waals surface area contributed by atoms with Crippen LogP contribution in [0.3, 0.4) is 0 Å². The summed E-state index contributed by atoms with van der Waals surface area (Å²) in [6, 6.07) is 16.6. The van der Waals surface area contributed by atoms with Crippen LogP contribution in [0.5, 0.6) is 5.75 Å². The van der Waals surface area contributed by atoms with Crippen LogP contribution in [0, 0.1) is 0 Å². The van der Waals surface area contributed by atoms with Crippen LogP contribution in [0.2, 0.25) is 0 Å². The highest BCUT2D eigenvalue weighted by Crippen LogP contribution is 2.20. The Bertz CT molecular complexity index is 683. The van der Waals surface area contributed by atoms with Crippen molar-refractivity contribution in [2.45, 2.75) is 19.4 Å². The number of ketones is 1. The lowest BCUT2D eigenvalue weighted by Gasteiger charge is -2.14. The zero-order valence-electron chi connectivity index (χ0n) is 14.5. The highest BCUT2D eigenvalue weighted by molar-refractivity contribution is 6.06. The van der Waals surface area contributed by atoms with Gasteiger partial charge in [0.2, 0.25) is 0 Å². The lowest BCUT2D eigenvalue weighted by Crippen LogP contribution is -2.31. The maximum atomic E-state index is 12.2. The minimum absolute atomic E-state index is 0.0563. The van der Waals surface area contributed by atoms with Crippen LogP contribution in [0.15, 0.2) is 60.7 Å². The van der Waals surface area contributed by atoms with Crippen molar-refractivity contribution < 1.29 is 14.6 Å². The number of para-hydroxylation sites is 1. The summed E-state index contributed by atoms with van der Waals surface area (Å²) < 4.78 is 5.72. The molecule has 0 saturated heterocycles. The summed E-state index contributed by atoms with van der Waals surface area (Å²) in [6.07, 6.45) is 3.73. The first kappa shape index (κ1) is 18.9. The van der Waals surface area contributed by atoms with E-state index in [-0.39, 0.29) is 12.4 Å². The molecule has 1 unspecified atom stereocenters. The smallest absolute Gasteiger partial charge is 0.185 e. The maximum absolute atomic E-state index is 12.2. The van der Waals surface area contributed by atoms with Crippen LogP contribution in [-0.4, -0.2) is 36.7 Å². The van der Waals surface area contributed by atoms with Gasteiger partial charge in [0.05, 0.1) is 0 Å². The van der Waals surface area contributed by atoms with Gasteiger partial charge in [-0.3, -0.25) is 4.79 Å². The molecule has 0 saturated carbocycles. The largest absolute Gasteiger partial charge is 0.490 e. The Hall–Kier alpha value is -2.43. The maximum Gasteiger partial charge on any atom is 0.185 e. The van der Waals surface area contributed by atoms with E-state index in [9.17, 15) is 9.90 Å². The summed E-state index contributed by atoms with van der Waals surface area (Å²) in [5.41, 5.74) is 1.45. The van der Waals surface area contributed by atoms with E-state index in [0.29, 0.717) is 17.9 Å². The van der Waals surface area contributed by atoms with Crippen molar-refractivity contribution in [3.8, 4) is 5.75 Å². The molecule has 4 nitrogen and oxygen atoms in total. The van der Waals surface area contributed by atoms with Gasteiger partial charge in [0.1, 0.15) is 18.5 Å². The molecule has 132 valence electrons. The van der Waals surface area contributed by atoms with Crippen molar-refractivity contribution in [2.24, 2.45) is 0 Å². The number of aliphatic hydroxyl groups is 1. The lowest BCUT2D eigenvalue weighted by atomic mass is 10.1. The number of benzene rings is 2. The zero-order chi connectivity index (χ0) is 17.9. The van der Waals surface area contributed by atoms with Crippen molar-refractivity contribution in [1.82, 2.24) is 5.32 Å². The minimum atomic E-state index is -0.575. The SMILES string of the molecule is CCCNCC(O)COc1ccccc1C=CC(=O)c1ccccc1. The molecule has 0 fully saturated rings. The van der Waals surface area contributed by atoms with E-state index in [2.05, 4.69) is 12.2 Å². The molecule has 0 aliphatic carbocycles. The second-order valence-electron chi connectivity index (χ2n) is 5.77. The van der Waals surface area contributed by atoms with Gasteiger partial charge in [-0.15, -0.1) is 0 Å². The van der Waals surface area contributed by atoms with Crippen LogP contribution < -0.4 is 10.1 Å². The predicted molar refractivity (Wildman–Crippen MR) is 101 cm³/mol. The van der Waals surface area contributed by atoms with Gasteiger partial charge in [-0.2, -0.15) is 0 Å². The molecule has 0 amide bonds. The molecule has 0 bridgehead atoms. The highest BCUT2D eigenvalue weighted by Gasteiger charge is 2.07. The van der Waals surface area contributed by atoms with Crippen LogP contribution in [0.25, 0.3) is 6.08 Å². The van der Waals surface area contributed by atoms with Gasteiger partial charge in [-0.25, -0.2) is 0 Å². The van der Waals surface area contributed by atoms with E-state index in [4.69, 9.17) is 4.74 Å². The number of ether oxygens (including phenoxy) is 1. The first-order chi connectivity index (χ1) is 12.2. The third kappa shape index (κ3) is 6.53. The topological polar surface area (TPSA) is 58.6 Å². The molecule has 0 spiro atoms. The standard InChI is InChI=1S/C21H25NO3/c1-2-14-22-15-19(23)16-25-21-11-7-6-10-18(21)12-13-20(24)17-8-4-3-5-9-17/h3-13,19,22-23H,2,14-16H2,1H3. The Morgan fingerprint density at radius 3 is 2.64 bits per heavy atom. The molecule has 0 heterocycles. The molecule has 2 rings (SSSR count). The van der Waals surface area contributed by atoms with Gasteiger partial charge in [-0.05, 0) is 31.2 Å². The fourth-order valence-electron chi connectivity index (χ4n) is 2.30. The number of allylic oxidation sites excluding steroid dienone is 1. The first-order valence-electron chi connectivity index (χ1n) is 8.58. The molecule has 0 aliphatic rings. The molecule has 2 aromatic rings. The van der Waals surface area contributed by atoms with Crippen molar-refractivity contribution in [3.05, 3.63) is 71.8 Å². The first-order valence-corrected chi connectivity index (χ1v) is 8.58. The second-order valence-corrected chi connectivity index (χ2v) is 5.77. The molecule has 25 heavy (non-hydrogen) atoms. The molecule has 2 N–H and O–H groups in total. The number of aliphatic hydroxyl groups excluding tert-OH is 1. The van der Waals surface area contributed by atoms with Gasteiger partial charge < -0.3 is 15.2 Å². The van der Waals surface area contributed by atoms with Crippen LogP contribution >= 0.6 is 0 Å².